The third-order valence-electron chi connectivity index (χ3n) is 7.54. The standard InChI is InChI=1S/C32H41N5O3/c1-7-37(32(40)23-10-11-23)29-17-25(24-12-13-26(33-18-24)9-8-14-36(5)6)16-27(22(29)4)30(38)34-19-28-20(2)15-21(3)35-31(28)39/h12-13,15-18,23H,7-11,14,19H2,1-6H3,(H,34,38)(H,35,39). The molecule has 2 N–H and O–H groups in total. The minimum Gasteiger partial charge on any atom is -0.348 e. The van der Waals surface area contributed by atoms with Crippen LogP contribution in [0.15, 0.2) is 41.3 Å². The highest BCUT2D eigenvalue weighted by molar-refractivity contribution is 6.03. The topological polar surface area (TPSA) is 98.4 Å². The van der Waals surface area contributed by atoms with Crippen LogP contribution in [0.1, 0.15) is 64.6 Å². The number of hydrogen-bond donors (Lipinski definition) is 2. The van der Waals surface area contributed by atoms with E-state index in [2.05, 4.69) is 34.3 Å². The maximum atomic E-state index is 13.6. The Morgan fingerprint density at radius 3 is 2.42 bits per heavy atom. The Morgan fingerprint density at radius 2 is 1.82 bits per heavy atom. The van der Waals surface area contributed by atoms with Crippen LogP contribution >= 0.6 is 0 Å². The predicted octanol–water partition coefficient (Wildman–Crippen LogP) is 4.55. The van der Waals surface area contributed by atoms with Crippen LogP contribution in [0, 0.1) is 26.7 Å². The number of carbonyl (C=O) groups excluding carboxylic acids is 2. The lowest BCUT2D eigenvalue weighted by atomic mass is 9.96. The molecule has 2 aromatic heterocycles. The number of nitrogens with one attached hydrogen (secondary N) is 2. The summed E-state index contributed by atoms with van der Waals surface area (Å²) < 4.78 is 0. The van der Waals surface area contributed by atoms with Crippen LogP contribution in [0.4, 0.5) is 5.69 Å². The van der Waals surface area contributed by atoms with Crippen molar-refractivity contribution in [2.24, 2.45) is 5.92 Å². The fraction of sp³-hybridized carbons (Fsp3) is 0.438. The van der Waals surface area contributed by atoms with Crippen LogP contribution in [-0.2, 0) is 17.8 Å². The molecule has 1 saturated carbocycles. The Labute approximate surface area is 236 Å². The second-order valence-corrected chi connectivity index (χ2v) is 11.1. The molecule has 0 bridgehead atoms. The highest BCUT2D eigenvalue weighted by atomic mass is 16.2. The second kappa shape index (κ2) is 12.6. The van der Waals surface area contributed by atoms with Gasteiger partial charge in [-0.2, -0.15) is 0 Å². The number of benzene rings is 1. The van der Waals surface area contributed by atoms with Gasteiger partial charge in [0.2, 0.25) is 5.91 Å². The number of aromatic nitrogens is 2. The van der Waals surface area contributed by atoms with Crippen molar-refractivity contribution < 1.29 is 9.59 Å². The van der Waals surface area contributed by atoms with Gasteiger partial charge in [0.1, 0.15) is 0 Å². The maximum Gasteiger partial charge on any atom is 0.253 e. The molecule has 1 aliphatic carbocycles. The lowest BCUT2D eigenvalue weighted by Gasteiger charge is -2.25. The number of aromatic amines is 1. The summed E-state index contributed by atoms with van der Waals surface area (Å²) >= 11 is 0. The van der Waals surface area contributed by atoms with Gasteiger partial charge in [0.05, 0.1) is 0 Å². The molecule has 1 fully saturated rings. The maximum absolute atomic E-state index is 13.6. The molecular weight excluding hydrogens is 502 g/mol. The number of anilines is 1. The van der Waals surface area contributed by atoms with Gasteiger partial charge in [-0.3, -0.25) is 19.4 Å². The van der Waals surface area contributed by atoms with Gasteiger partial charge in [-0.1, -0.05) is 6.07 Å². The van der Waals surface area contributed by atoms with E-state index in [1.807, 2.05) is 64.2 Å². The minimum absolute atomic E-state index is 0.0552. The Hall–Kier alpha value is -3.78. The van der Waals surface area contributed by atoms with Crippen molar-refractivity contribution in [2.45, 2.75) is 59.9 Å². The average molecular weight is 544 g/mol. The van der Waals surface area contributed by atoms with E-state index >= 15 is 0 Å². The van der Waals surface area contributed by atoms with Crippen molar-refractivity contribution in [3.05, 3.63) is 80.5 Å². The molecule has 1 aliphatic rings. The van der Waals surface area contributed by atoms with Gasteiger partial charge < -0.3 is 20.1 Å². The zero-order valence-corrected chi connectivity index (χ0v) is 24.6. The van der Waals surface area contributed by atoms with E-state index in [9.17, 15) is 14.4 Å². The molecule has 212 valence electrons. The first-order chi connectivity index (χ1) is 19.1. The highest BCUT2D eigenvalue weighted by Gasteiger charge is 2.34. The predicted molar refractivity (Wildman–Crippen MR) is 160 cm³/mol. The van der Waals surface area contributed by atoms with E-state index < -0.39 is 0 Å². The molecule has 2 amide bonds. The number of carbonyl (C=O) groups is 2. The van der Waals surface area contributed by atoms with Crippen LogP contribution in [-0.4, -0.2) is 53.9 Å². The summed E-state index contributed by atoms with van der Waals surface area (Å²) in [6, 6.07) is 9.81. The molecule has 1 aromatic carbocycles. The Balaban J connectivity index is 1.67. The molecule has 0 saturated heterocycles. The van der Waals surface area contributed by atoms with Crippen LogP contribution < -0.4 is 15.8 Å². The summed E-state index contributed by atoms with van der Waals surface area (Å²) in [4.78, 5) is 50.7. The van der Waals surface area contributed by atoms with Crippen molar-refractivity contribution in [1.82, 2.24) is 20.2 Å². The molecule has 0 aliphatic heterocycles. The molecule has 4 rings (SSSR count). The van der Waals surface area contributed by atoms with Gasteiger partial charge in [-0.15, -0.1) is 0 Å². The minimum atomic E-state index is -0.289. The van der Waals surface area contributed by atoms with E-state index in [0.29, 0.717) is 17.7 Å². The first-order valence-electron chi connectivity index (χ1n) is 14.1. The first-order valence-corrected chi connectivity index (χ1v) is 14.1. The SMILES string of the molecule is CCN(C(=O)C1CC1)c1cc(-c2ccc(CCCN(C)C)nc2)cc(C(=O)NCc2c(C)cc(C)[nH]c2=O)c1C. The van der Waals surface area contributed by atoms with Crippen molar-refractivity contribution >= 4 is 17.5 Å². The summed E-state index contributed by atoms with van der Waals surface area (Å²) in [6.45, 7) is 9.17. The van der Waals surface area contributed by atoms with Crippen molar-refractivity contribution in [2.75, 3.05) is 32.1 Å². The molecule has 8 heteroatoms. The smallest absolute Gasteiger partial charge is 0.253 e. The molecular formula is C32H41N5O3. The number of hydrogen-bond acceptors (Lipinski definition) is 5. The second-order valence-electron chi connectivity index (χ2n) is 11.1. The quantitative estimate of drug-likeness (QED) is 0.370. The van der Waals surface area contributed by atoms with Gasteiger partial charge in [-0.05, 0) is 115 Å². The highest BCUT2D eigenvalue weighted by Crippen LogP contribution is 2.36. The van der Waals surface area contributed by atoms with Crippen LogP contribution in [0.3, 0.4) is 0 Å². The van der Waals surface area contributed by atoms with E-state index in [1.165, 1.54) is 0 Å². The molecule has 0 radical (unpaired) electrons. The van der Waals surface area contributed by atoms with Crippen molar-refractivity contribution in [1.29, 1.82) is 0 Å². The lowest BCUT2D eigenvalue weighted by molar-refractivity contribution is -0.119. The Bertz CT molecular complexity index is 1440. The number of pyridine rings is 2. The molecule has 0 unspecified atom stereocenters. The van der Waals surface area contributed by atoms with Gasteiger partial charge in [0.15, 0.2) is 0 Å². The van der Waals surface area contributed by atoms with E-state index in [4.69, 9.17) is 0 Å². The fourth-order valence-electron chi connectivity index (χ4n) is 5.06. The van der Waals surface area contributed by atoms with Crippen LogP contribution in [0.25, 0.3) is 11.1 Å². The van der Waals surface area contributed by atoms with Crippen LogP contribution in [0.5, 0.6) is 0 Å². The lowest BCUT2D eigenvalue weighted by Crippen LogP contribution is -2.33. The monoisotopic (exact) mass is 543 g/mol. The number of aryl methyl sites for hydroxylation is 3. The van der Waals surface area contributed by atoms with Gasteiger partial charge in [0.25, 0.3) is 11.5 Å². The molecule has 0 spiro atoms. The third kappa shape index (κ3) is 6.86. The number of nitrogens with zero attached hydrogens (tertiary/aromatic N) is 3. The van der Waals surface area contributed by atoms with E-state index in [-0.39, 0.29) is 29.8 Å². The summed E-state index contributed by atoms with van der Waals surface area (Å²) in [5.41, 5.74) is 6.62. The molecule has 40 heavy (non-hydrogen) atoms. The fourth-order valence-corrected chi connectivity index (χ4v) is 5.06. The number of amides is 2. The summed E-state index contributed by atoms with van der Waals surface area (Å²) in [5, 5.41) is 2.94. The molecule has 8 nitrogen and oxygen atoms in total. The van der Waals surface area contributed by atoms with E-state index in [1.54, 1.807) is 4.90 Å². The van der Waals surface area contributed by atoms with Crippen LogP contribution in [0.2, 0.25) is 0 Å². The third-order valence-corrected chi connectivity index (χ3v) is 7.54. The largest absolute Gasteiger partial charge is 0.348 e. The van der Waals surface area contributed by atoms with E-state index in [0.717, 1.165) is 71.6 Å². The molecule has 2 heterocycles. The summed E-state index contributed by atoms with van der Waals surface area (Å²) in [6.07, 6.45) is 5.57. The van der Waals surface area contributed by atoms with Gasteiger partial charge in [0, 0.05) is 59.0 Å². The number of H-pyrrole nitrogens is 1. The molecule has 0 atom stereocenters. The normalized spacial score (nSPS) is 13.0. The zero-order chi connectivity index (χ0) is 29.0. The van der Waals surface area contributed by atoms with Gasteiger partial charge >= 0.3 is 0 Å². The number of rotatable bonds is 11. The first kappa shape index (κ1) is 29.2. The Kier molecular flexibility index (Phi) is 9.20. The zero-order valence-electron chi connectivity index (χ0n) is 24.6. The van der Waals surface area contributed by atoms with Gasteiger partial charge in [-0.25, -0.2) is 0 Å². The molecule has 3 aromatic rings. The summed E-state index contributed by atoms with van der Waals surface area (Å²) in [7, 11) is 4.12. The summed E-state index contributed by atoms with van der Waals surface area (Å²) in [5.74, 6) is -0.131. The van der Waals surface area contributed by atoms with Crippen molar-refractivity contribution in [3.8, 4) is 11.1 Å². The van der Waals surface area contributed by atoms with Crippen molar-refractivity contribution in [3.63, 3.8) is 0 Å². The Morgan fingerprint density at radius 1 is 1.07 bits per heavy atom. The average Bonchev–Trinajstić information content (AvgIpc) is 3.75.